The molecule has 0 bridgehead atoms. The second-order valence-electron chi connectivity index (χ2n) is 5.29. The lowest BCUT2D eigenvalue weighted by Crippen LogP contribution is -1.73. The van der Waals surface area contributed by atoms with Crippen molar-refractivity contribution < 1.29 is 0 Å². The second kappa shape index (κ2) is 12.8. The van der Waals surface area contributed by atoms with E-state index in [9.17, 15) is 0 Å². The van der Waals surface area contributed by atoms with Gasteiger partial charge in [0.15, 0.2) is 0 Å². The number of unbranched alkanes of at least 4 members (excludes halogenated alkanes) is 5. The van der Waals surface area contributed by atoms with E-state index in [-0.39, 0.29) is 0 Å². The molecule has 0 aromatic heterocycles. The van der Waals surface area contributed by atoms with E-state index in [1.165, 1.54) is 38.5 Å². The van der Waals surface area contributed by atoms with E-state index in [1.54, 1.807) is 0 Å². The van der Waals surface area contributed by atoms with Crippen molar-refractivity contribution in [1.29, 1.82) is 0 Å². The summed E-state index contributed by atoms with van der Waals surface area (Å²) < 4.78 is 0. The van der Waals surface area contributed by atoms with Gasteiger partial charge < -0.3 is 0 Å². The van der Waals surface area contributed by atoms with Gasteiger partial charge in [-0.25, -0.2) is 0 Å². The van der Waals surface area contributed by atoms with Gasteiger partial charge >= 0.3 is 0 Å². The zero-order valence-electron chi connectivity index (χ0n) is 13.9. The Labute approximate surface area is 135 Å². The Morgan fingerprint density at radius 3 is 1.23 bits per heavy atom. The van der Waals surface area contributed by atoms with Crippen molar-refractivity contribution in [2.45, 2.75) is 52.4 Å². The molecule has 0 saturated heterocycles. The number of hydrogen-bond acceptors (Lipinski definition) is 2. The van der Waals surface area contributed by atoms with Crippen LogP contribution in [0.25, 0.3) is 0 Å². The number of nitrogens with zero attached hydrogens (tertiary/aromatic N) is 2. The standard InChI is InChI=1S/C12H10N2.C8H18/c1-3-7-11(8-4-1)13-14-12-9-5-2-6-10-12;1-3-5-7-8-6-4-2/h1-10H;3-8H2,1-2H3. The zero-order chi connectivity index (χ0) is 15.9. The monoisotopic (exact) mass is 296 g/mol. The van der Waals surface area contributed by atoms with E-state index < -0.39 is 0 Å². The molecule has 2 nitrogen and oxygen atoms in total. The van der Waals surface area contributed by atoms with Crippen molar-refractivity contribution >= 4 is 11.4 Å². The van der Waals surface area contributed by atoms with Gasteiger partial charge in [-0.05, 0) is 24.3 Å². The molecule has 0 N–H and O–H groups in total. The summed E-state index contributed by atoms with van der Waals surface area (Å²) in [6.07, 6.45) is 8.49. The summed E-state index contributed by atoms with van der Waals surface area (Å²) in [6.45, 7) is 4.51. The maximum absolute atomic E-state index is 4.10. The van der Waals surface area contributed by atoms with Gasteiger partial charge in [0.1, 0.15) is 0 Å². The summed E-state index contributed by atoms with van der Waals surface area (Å²) in [5.74, 6) is 0. The predicted octanol–water partition coefficient (Wildman–Crippen LogP) is 7.47. The fraction of sp³-hybridized carbons (Fsp3) is 0.400. The average Bonchev–Trinajstić information content (AvgIpc) is 2.59. The van der Waals surface area contributed by atoms with Gasteiger partial charge in [0, 0.05) is 0 Å². The number of hydrogen-bond donors (Lipinski definition) is 0. The SMILES string of the molecule is CCCCCCCC.c1ccc(N=Nc2ccccc2)cc1. The molecule has 0 radical (unpaired) electrons. The average molecular weight is 296 g/mol. The molecule has 118 valence electrons. The van der Waals surface area contributed by atoms with Crippen LogP contribution in [-0.4, -0.2) is 0 Å². The summed E-state index contributed by atoms with van der Waals surface area (Å²) in [6, 6.07) is 19.4. The third-order valence-corrected chi connectivity index (χ3v) is 3.25. The molecule has 22 heavy (non-hydrogen) atoms. The molecule has 2 aromatic rings. The highest BCUT2D eigenvalue weighted by molar-refractivity contribution is 5.39. The minimum absolute atomic E-state index is 0.872. The first-order chi connectivity index (χ1) is 10.9. The van der Waals surface area contributed by atoms with Gasteiger partial charge in [-0.15, -0.1) is 0 Å². The summed E-state index contributed by atoms with van der Waals surface area (Å²) >= 11 is 0. The van der Waals surface area contributed by atoms with E-state index in [0.29, 0.717) is 0 Å². The topological polar surface area (TPSA) is 24.7 Å². The van der Waals surface area contributed by atoms with Crippen LogP contribution in [0.15, 0.2) is 70.9 Å². The lowest BCUT2D eigenvalue weighted by Gasteiger charge is -1.93. The van der Waals surface area contributed by atoms with Gasteiger partial charge in [0.05, 0.1) is 11.4 Å². The largest absolute Gasteiger partial charge is 0.151 e. The van der Waals surface area contributed by atoms with Crippen LogP contribution in [0.1, 0.15) is 52.4 Å². The van der Waals surface area contributed by atoms with E-state index in [0.717, 1.165) is 11.4 Å². The first-order valence-electron chi connectivity index (χ1n) is 8.38. The molecule has 0 aliphatic carbocycles. The number of benzene rings is 2. The van der Waals surface area contributed by atoms with Crippen molar-refractivity contribution in [3.8, 4) is 0 Å². The van der Waals surface area contributed by atoms with Gasteiger partial charge in [0.25, 0.3) is 0 Å². The highest BCUT2D eigenvalue weighted by atomic mass is 15.1. The highest BCUT2D eigenvalue weighted by Crippen LogP contribution is 2.16. The second-order valence-corrected chi connectivity index (χ2v) is 5.29. The fourth-order valence-electron chi connectivity index (χ4n) is 1.96. The molecule has 0 amide bonds. The molecule has 0 aliphatic rings. The summed E-state index contributed by atoms with van der Waals surface area (Å²) in [5.41, 5.74) is 1.74. The molecule has 2 aromatic carbocycles. The molecule has 0 aliphatic heterocycles. The van der Waals surface area contributed by atoms with Crippen LogP contribution in [0.2, 0.25) is 0 Å². The van der Waals surface area contributed by atoms with Gasteiger partial charge in [-0.2, -0.15) is 10.2 Å². The quantitative estimate of drug-likeness (QED) is 0.374. The van der Waals surface area contributed by atoms with Crippen LogP contribution in [0.5, 0.6) is 0 Å². The van der Waals surface area contributed by atoms with E-state index in [2.05, 4.69) is 24.1 Å². The third kappa shape index (κ3) is 9.06. The molecule has 0 fully saturated rings. The molecule has 2 heteroatoms. The number of azo groups is 1. The van der Waals surface area contributed by atoms with E-state index >= 15 is 0 Å². The molecular weight excluding hydrogens is 268 g/mol. The van der Waals surface area contributed by atoms with Crippen molar-refractivity contribution in [3.63, 3.8) is 0 Å². The molecule has 0 unspecified atom stereocenters. The van der Waals surface area contributed by atoms with Crippen LogP contribution < -0.4 is 0 Å². The summed E-state index contributed by atoms with van der Waals surface area (Å²) in [7, 11) is 0. The lowest BCUT2D eigenvalue weighted by molar-refractivity contribution is 0.624. The normalized spacial score (nSPS) is 10.3. The number of rotatable bonds is 7. The lowest BCUT2D eigenvalue weighted by atomic mass is 10.1. The minimum Gasteiger partial charge on any atom is -0.151 e. The van der Waals surface area contributed by atoms with E-state index in [1.807, 2.05) is 60.7 Å². The van der Waals surface area contributed by atoms with Gasteiger partial charge in [-0.3, -0.25) is 0 Å². The summed E-state index contributed by atoms with van der Waals surface area (Å²) in [4.78, 5) is 0. The first-order valence-corrected chi connectivity index (χ1v) is 8.38. The Morgan fingerprint density at radius 1 is 0.545 bits per heavy atom. The molecule has 2 rings (SSSR count). The minimum atomic E-state index is 0.872. The predicted molar refractivity (Wildman–Crippen MR) is 96.1 cm³/mol. The maximum Gasteiger partial charge on any atom is 0.0857 e. The zero-order valence-corrected chi connectivity index (χ0v) is 13.9. The van der Waals surface area contributed by atoms with Crippen LogP contribution in [0.4, 0.5) is 11.4 Å². The van der Waals surface area contributed by atoms with E-state index in [4.69, 9.17) is 0 Å². The highest BCUT2D eigenvalue weighted by Gasteiger charge is 1.86. The van der Waals surface area contributed by atoms with Crippen LogP contribution in [0.3, 0.4) is 0 Å². The molecule has 0 spiro atoms. The van der Waals surface area contributed by atoms with Crippen molar-refractivity contribution in [3.05, 3.63) is 60.7 Å². The van der Waals surface area contributed by atoms with Crippen LogP contribution in [0, 0.1) is 0 Å². The maximum atomic E-state index is 4.10. The molecule has 0 heterocycles. The summed E-state index contributed by atoms with van der Waals surface area (Å²) in [5, 5.41) is 8.20. The van der Waals surface area contributed by atoms with Crippen molar-refractivity contribution in [2.24, 2.45) is 10.2 Å². The first kappa shape index (κ1) is 18.1. The smallest absolute Gasteiger partial charge is 0.0857 e. The van der Waals surface area contributed by atoms with Crippen molar-refractivity contribution in [2.75, 3.05) is 0 Å². The van der Waals surface area contributed by atoms with Gasteiger partial charge in [0.2, 0.25) is 0 Å². The van der Waals surface area contributed by atoms with Crippen molar-refractivity contribution in [1.82, 2.24) is 0 Å². The molecule has 0 saturated carbocycles. The third-order valence-electron chi connectivity index (χ3n) is 3.25. The Morgan fingerprint density at radius 2 is 0.909 bits per heavy atom. The van der Waals surface area contributed by atoms with Crippen LogP contribution in [-0.2, 0) is 0 Å². The fourth-order valence-corrected chi connectivity index (χ4v) is 1.96. The van der Waals surface area contributed by atoms with Gasteiger partial charge in [-0.1, -0.05) is 88.8 Å². The Balaban J connectivity index is 0.000000261. The Kier molecular flexibility index (Phi) is 10.5. The Bertz CT molecular complexity index is 444. The van der Waals surface area contributed by atoms with Crippen LogP contribution >= 0.6 is 0 Å². The molecule has 0 atom stereocenters. The Hall–Kier alpha value is -1.96. The molecular formula is C20H28N2.